The average molecular weight is 351 g/mol. The summed E-state index contributed by atoms with van der Waals surface area (Å²) in [5.41, 5.74) is 0.589. The molecule has 0 amide bonds. The van der Waals surface area contributed by atoms with E-state index in [1.807, 2.05) is 0 Å². The summed E-state index contributed by atoms with van der Waals surface area (Å²) in [6.45, 7) is 1.15. The molecule has 1 aromatic heterocycles. The van der Waals surface area contributed by atoms with Crippen LogP contribution in [0.1, 0.15) is 43.4 Å². The van der Waals surface area contributed by atoms with Crippen LogP contribution in [-0.2, 0) is 6.42 Å². The minimum atomic E-state index is 0.589. The summed E-state index contributed by atoms with van der Waals surface area (Å²) in [7, 11) is 2.05. The number of halogens is 2. The van der Waals surface area contributed by atoms with Crippen molar-refractivity contribution in [1.29, 1.82) is 0 Å². The molecule has 1 saturated carbocycles. The quantitative estimate of drug-likeness (QED) is 0.737. The van der Waals surface area contributed by atoms with Gasteiger partial charge in [0.1, 0.15) is 4.34 Å². The van der Waals surface area contributed by atoms with Gasteiger partial charge in [-0.25, -0.2) is 0 Å². The van der Waals surface area contributed by atoms with Crippen LogP contribution in [0.4, 0.5) is 0 Å². The summed E-state index contributed by atoms with van der Waals surface area (Å²) in [5.74, 6) is 0. The fourth-order valence-corrected chi connectivity index (χ4v) is 4.83. The number of nitrogens with one attached hydrogen (secondary N) is 1. The van der Waals surface area contributed by atoms with Gasteiger partial charge >= 0.3 is 0 Å². The average Bonchev–Trinajstić information content (AvgIpc) is 2.94. The van der Waals surface area contributed by atoms with Gasteiger partial charge in [-0.05, 0) is 73.1 Å². The highest BCUT2D eigenvalue weighted by atomic mass is 79.9. The molecule has 0 aromatic carbocycles. The van der Waals surface area contributed by atoms with Gasteiger partial charge in [-0.2, -0.15) is 0 Å². The molecule has 1 aromatic rings. The molecule has 0 radical (unpaired) electrons. The summed E-state index contributed by atoms with van der Waals surface area (Å²) in [5, 5.41) is 3.30. The number of thiophene rings is 1. The van der Waals surface area contributed by atoms with Crippen molar-refractivity contribution in [2.45, 2.75) is 44.9 Å². The monoisotopic (exact) mass is 349 g/mol. The van der Waals surface area contributed by atoms with E-state index >= 15 is 0 Å². The van der Waals surface area contributed by atoms with Crippen LogP contribution in [-0.4, -0.2) is 13.6 Å². The Morgan fingerprint density at radius 3 is 2.67 bits per heavy atom. The highest BCUT2D eigenvalue weighted by molar-refractivity contribution is 9.10. The first-order valence-electron chi connectivity index (χ1n) is 6.73. The van der Waals surface area contributed by atoms with Crippen molar-refractivity contribution < 1.29 is 0 Å². The van der Waals surface area contributed by atoms with E-state index in [4.69, 9.17) is 11.6 Å². The predicted molar refractivity (Wildman–Crippen MR) is 84.8 cm³/mol. The molecule has 1 aliphatic carbocycles. The third-order valence-corrected chi connectivity index (χ3v) is 6.70. The second-order valence-corrected chi connectivity index (χ2v) is 7.99. The molecular weight excluding hydrogens is 330 g/mol. The molecule has 0 unspecified atom stereocenters. The maximum atomic E-state index is 6.10. The van der Waals surface area contributed by atoms with Crippen LogP contribution in [0.3, 0.4) is 0 Å². The molecule has 2 rings (SSSR count). The molecule has 0 aliphatic heterocycles. The fraction of sp³-hybridized carbons (Fsp3) is 0.714. The summed E-state index contributed by atoms with van der Waals surface area (Å²) in [6, 6.07) is 2.19. The van der Waals surface area contributed by atoms with Gasteiger partial charge in [0.05, 0.1) is 0 Å². The van der Waals surface area contributed by atoms with Crippen molar-refractivity contribution in [3.05, 3.63) is 19.8 Å². The topological polar surface area (TPSA) is 12.0 Å². The molecule has 1 N–H and O–H groups in total. The van der Waals surface area contributed by atoms with Gasteiger partial charge in [0.2, 0.25) is 0 Å². The minimum Gasteiger partial charge on any atom is -0.320 e. The molecule has 0 spiro atoms. The van der Waals surface area contributed by atoms with E-state index in [9.17, 15) is 0 Å². The van der Waals surface area contributed by atoms with Crippen molar-refractivity contribution in [1.82, 2.24) is 5.32 Å². The third kappa shape index (κ3) is 3.72. The van der Waals surface area contributed by atoms with Crippen LogP contribution < -0.4 is 5.32 Å². The fourth-order valence-electron chi connectivity index (χ4n) is 3.04. The van der Waals surface area contributed by atoms with Gasteiger partial charge in [0.15, 0.2) is 0 Å². The normalized spacial score (nSPS) is 18.4. The molecule has 1 nitrogen and oxygen atoms in total. The smallest absolute Gasteiger partial charge is 0.107 e. The van der Waals surface area contributed by atoms with Crippen molar-refractivity contribution in [3.63, 3.8) is 0 Å². The standard InChI is InChI=1S/C14H21BrClNS/c1-17-9-8-14(5-2-3-6-14)7-4-11-10-12(15)13(16)18-11/h10,17H,2-9H2,1H3. The van der Waals surface area contributed by atoms with Gasteiger partial charge in [0, 0.05) is 9.35 Å². The van der Waals surface area contributed by atoms with Crippen LogP contribution in [0.15, 0.2) is 10.5 Å². The zero-order valence-electron chi connectivity index (χ0n) is 10.9. The Hall–Kier alpha value is 0.430. The van der Waals surface area contributed by atoms with E-state index in [1.54, 1.807) is 11.3 Å². The zero-order valence-corrected chi connectivity index (χ0v) is 14.1. The van der Waals surface area contributed by atoms with Gasteiger partial charge in [-0.15, -0.1) is 11.3 Å². The third-order valence-electron chi connectivity index (χ3n) is 4.17. The van der Waals surface area contributed by atoms with Crippen LogP contribution >= 0.6 is 38.9 Å². The van der Waals surface area contributed by atoms with Gasteiger partial charge in [-0.3, -0.25) is 0 Å². The van der Waals surface area contributed by atoms with Crippen molar-refractivity contribution >= 4 is 38.9 Å². The van der Waals surface area contributed by atoms with Crippen molar-refractivity contribution in [3.8, 4) is 0 Å². The molecular formula is C14H21BrClNS. The first kappa shape index (κ1) is 14.8. The lowest BCUT2D eigenvalue weighted by Crippen LogP contribution is -2.23. The number of hydrogen-bond acceptors (Lipinski definition) is 2. The number of rotatable bonds is 6. The molecule has 18 heavy (non-hydrogen) atoms. The highest BCUT2D eigenvalue weighted by Gasteiger charge is 2.32. The van der Waals surface area contributed by atoms with Crippen LogP contribution in [0.25, 0.3) is 0 Å². The molecule has 1 heterocycles. The van der Waals surface area contributed by atoms with Gasteiger partial charge < -0.3 is 5.32 Å². The van der Waals surface area contributed by atoms with Crippen LogP contribution in [0, 0.1) is 5.41 Å². The first-order valence-corrected chi connectivity index (χ1v) is 8.72. The lowest BCUT2D eigenvalue weighted by Gasteiger charge is -2.29. The molecule has 4 heteroatoms. The first-order chi connectivity index (χ1) is 8.65. The molecule has 0 atom stereocenters. The Kier molecular flexibility index (Phi) is 5.55. The molecule has 1 aliphatic rings. The lowest BCUT2D eigenvalue weighted by molar-refractivity contribution is 0.248. The van der Waals surface area contributed by atoms with Gasteiger partial charge in [0.25, 0.3) is 0 Å². The van der Waals surface area contributed by atoms with Gasteiger partial charge in [-0.1, -0.05) is 24.4 Å². The second-order valence-electron chi connectivity index (χ2n) is 5.40. The Labute approximate surface area is 127 Å². The number of hydrogen-bond donors (Lipinski definition) is 1. The summed E-state index contributed by atoms with van der Waals surface area (Å²) in [4.78, 5) is 1.42. The largest absolute Gasteiger partial charge is 0.320 e. The van der Waals surface area contributed by atoms with E-state index in [0.717, 1.165) is 15.4 Å². The Morgan fingerprint density at radius 2 is 2.11 bits per heavy atom. The summed E-state index contributed by atoms with van der Waals surface area (Å²) in [6.07, 6.45) is 9.47. The predicted octanol–water partition coefficient (Wildman–Crippen LogP) is 5.27. The van der Waals surface area contributed by atoms with E-state index < -0.39 is 0 Å². The Balaban J connectivity index is 1.93. The van der Waals surface area contributed by atoms with E-state index in [0.29, 0.717) is 5.41 Å². The Morgan fingerprint density at radius 1 is 1.39 bits per heavy atom. The van der Waals surface area contributed by atoms with E-state index in [2.05, 4.69) is 34.4 Å². The van der Waals surface area contributed by atoms with Crippen molar-refractivity contribution in [2.24, 2.45) is 5.41 Å². The second kappa shape index (κ2) is 6.74. The lowest BCUT2D eigenvalue weighted by atomic mass is 9.78. The van der Waals surface area contributed by atoms with E-state index in [1.165, 1.54) is 49.8 Å². The molecule has 0 bridgehead atoms. The van der Waals surface area contributed by atoms with E-state index in [-0.39, 0.29) is 0 Å². The van der Waals surface area contributed by atoms with Crippen molar-refractivity contribution in [2.75, 3.05) is 13.6 Å². The maximum absolute atomic E-state index is 6.10. The maximum Gasteiger partial charge on any atom is 0.107 e. The molecule has 0 saturated heterocycles. The highest BCUT2D eigenvalue weighted by Crippen LogP contribution is 2.45. The zero-order chi connectivity index (χ0) is 13.0. The van der Waals surface area contributed by atoms with Crippen LogP contribution in [0.2, 0.25) is 4.34 Å². The molecule has 102 valence electrons. The SMILES string of the molecule is CNCCC1(CCc2cc(Br)c(Cl)s2)CCCC1. The van der Waals surface area contributed by atoms with Crippen LogP contribution in [0.5, 0.6) is 0 Å². The minimum absolute atomic E-state index is 0.589. The Bertz CT molecular complexity index is 366. The summed E-state index contributed by atoms with van der Waals surface area (Å²) >= 11 is 11.3. The summed E-state index contributed by atoms with van der Waals surface area (Å²) < 4.78 is 1.94. The molecule has 1 fully saturated rings. The number of aryl methyl sites for hydroxylation is 1.